The van der Waals surface area contributed by atoms with E-state index in [1.54, 1.807) is 0 Å². The van der Waals surface area contributed by atoms with E-state index in [2.05, 4.69) is 10.6 Å². The zero-order valence-electron chi connectivity index (χ0n) is 11.2. The van der Waals surface area contributed by atoms with Crippen LogP contribution in [-0.4, -0.2) is 24.9 Å². The molecule has 0 aromatic heterocycles. The van der Waals surface area contributed by atoms with Crippen molar-refractivity contribution in [1.29, 1.82) is 0 Å². The molecule has 0 spiro atoms. The summed E-state index contributed by atoms with van der Waals surface area (Å²) in [5, 5.41) is 5.39. The standard InChI is InChI=1S/C14H20N2O2/c1-10-4-5-13(8-11(10)2)9-14(18)16-7-6-15-12(3)17/h4-5,8H,6-7,9H2,1-3H3,(H,15,17)(H,16,18). The van der Waals surface area contributed by atoms with Crippen molar-refractivity contribution in [3.8, 4) is 0 Å². The average molecular weight is 248 g/mol. The van der Waals surface area contributed by atoms with E-state index in [0.717, 1.165) is 5.56 Å². The molecule has 0 aliphatic rings. The lowest BCUT2D eigenvalue weighted by Gasteiger charge is -2.07. The van der Waals surface area contributed by atoms with Gasteiger partial charge < -0.3 is 10.6 Å². The second kappa shape index (κ2) is 6.79. The summed E-state index contributed by atoms with van der Waals surface area (Å²) in [4.78, 5) is 22.3. The Hall–Kier alpha value is -1.84. The molecule has 2 amide bonds. The minimum atomic E-state index is -0.0848. The topological polar surface area (TPSA) is 58.2 Å². The van der Waals surface area contributed by atoms with Gasteiger partial charge in [0, 0.05) is 20.0 Å². The van der Waals surface area contributed by atoms with Crippen LogP contribution in [-0.2, 0) is 16.0 Å². The van der Waals surface area contributed by atoms with Crippen LogP contribution in [0.3, 0.4) is 0 Å². The predicted octanol–water partition coefficient (Wildman–Crippen LogP) is 1.10. The molecule has 98 valence electrons. The lowest BCUT2D eigenvalue weighted by molar-refractivity contribution is -0.121. The van der Waals surface area contributed by atoms with Gasteiger partial charge in [0.15, 0.2) is 0 Å². The van der Waals surface area contributed by atoms with E-state index in [9.17, 15) is 9.59 Å². The summed E-state index contributed by atoms with van der Waals surface area (Å²) in [6.07, 6.45) is 0.376. The number of aryl methyl sites for hydroxylation is 2. The van der Waals surface area contributed by atoms with Crippen molar-refractivity contribution in [2.75, 3.05) is 13.1 Å². The Labute approximate surface area is 108 Å². The maximum absolute atomic E-state index is 11.6. The number of carbonyl (C=O) groups is 2. The van der Waals surface area contributed by atoms with Gasteiger partial charge in [-0.15, -0.1) is 0 Å². The molecular formula is C14H20N2O2. The van der Waals surface area contributed by atoms with Gasteiger partial charge in [0.05, 0.1) is 6.42 Å². The SMILES string of the molecule is CC(=O)NCCNC(=O)Cc1ccc(C)c(C)c1. The third-order valence-corrected chi connectivity index (χ3v) is 2.76. The van der Waals surface area contributed by atoms with Gasteiger partial charge in [0.2, 0.25) is 11.8 Å². The van der Waals surface area contributed by atoms with E-state index in [1.807, 2.05) is 32.0 Å². The van der Waals surface area contributed by atoms with Crippen LogP contribution in [0.5, 0.6) is 0 Å². The Morgan fingerprint density at radius 2 is 1.72 bits per heavy atom. The van der Waals surface area contributed by atoms with Crippen molar-refractivity contribution in [3.63, 3.8) is 0 Å². The zero-order chi connectivity index (χ0) is 13.5. The van der Waals surface area contributed by atoms with Gasteiger partial charge >= 0.3 is 0 Å². The van der Waals surface area contributed by atoms with Crippen molar-refractivity contribution in [2.24, 2.45) is 0 Å². The number of rotatable bonds is 5. The van der Waals surface area contributed by atoms with Crippen LogP contribution in [0.15, 0.2) is 18.2 Å². The van der Waals surface area contributed by atoms with E-state index in [4.69, 9.17) is 0 Å². The molecule has 0 aliphatic carbocycles. The second-order valence-corrected chi connectivity index (χ2v) is 4.43. The smallest absolute Gasteiger partial charge is 0.224 e. The van der Waals surface area contributed by atoms with Gasteiger partial charge in [-0.3, -0.25) is 9.59 Å². The van der Waals surface area contributed by atoms with Crippen LogP contribution in [0.4, 0.5) is 0 Å². The molecule has 0 atom stereocenters. The normalized spacial score (nSPS) is 9.94. The summed E-state index contributed by atoms with van der Waals surface area (Å²) < 4.78 is 0. The number of amides is 2. The number of hydrogen-bond acceptors (Lipinski definition) is 2. The van der Waals surface area contributed by atoms with Crippen LogP contribution in [0, 0.1) is 13.8 Å². The fourth-order valence-corrected chi connectivity index (χ4v) is 1.60. The molecule has 2 N–H and O–H groups in total. The second-order valence-electron chi connectivity index (χ2n) is 4.43. The highest BCUT2D eigenvalue weighted by Crippen LogP contribution is 2.10. The lowest BCUT2D eigenvalue weighted by atomic mass is 10.0. The van der Waals surface area contributed by atoms with Crippen molar-refractivity contribution in [3.05, 3.63) is 34.9 Å². The Bertz CT molecular complexity index is 441. The molecule has 1 rings (SSSR count). The van der Waals surface area contributed by atoms with E-state index in [0.29, 0.717) is 19.5 Å². The summed E-state index contributed by atoms with van der Waals surface area (Å²) in [6.45, 7) is 6.47. The highest BCUT2D eigenvalue weighted by Gasteiger charge is 2.03. The summed E-state index contributed by atoms with van der Waals surface area (Å²) in [5.74, 6) is -0.109. The highest BCUT2D eigenvalue weighted by atomic mass is 16.2. The fourth-order valence-electron chi connectivity index (χ4n) is 1.60. The molecule has 0 saturated carbocycles. The number of carbonyl (C=O) groups excluding carboxylic acids is 2. The van der Waals surface area contributed by atoms with E-state index in [1.165, 1.54) is 18.1 Å². The van der Waals surface area contributed by atoms with Crippen molar-refractivity contribution in [1.82, 2.24) is 10.6 Å². The first kappa shape index (κ1) is 14.2. The lowest BCUT2D eigenvalue weighted by Crippen LogP contribution is -2.34. The van der Waals surface area contributed by atoms with E-state index < -0.39 is 0 Å². The quantitative estimate of drug-likeness (QED) is 0.767. The zero-order valence-corrected chi connectivity index (χ0v) is 11.2. The van der Waals surface area contributed by atoms with Crippen LogP contribution < -0.4 is 10.6 Å². The molecule has 0 fully saturated rings. The van der Waals surface area contributed by atoms with E-state index >= 15 is 0 Å². The molecule has 1 aromatic rings. The molecule has 0 heterocycles. The van der Waals surface area contributed by atoms with Gasteiger partial charge in [-0.1, -0.05) is 18.2 Å². The number of hydrogen-bond donors (Lipinski definition) is 2. The molecule has 0 unspecified atom stereocenters. The minimum Gasteiger partial charge on any atom is -0.355 e. The molecule has 0 aliphatic heterocycles. The van der Waals surface area contributed by atoms with Crippen LogP contribution in [0.25, 0.3) is 0 Å². The van der Waals surface area contributed by atoms with Crippen LogP contribution in [0.2, 0.25) is 0 Å². The summed E-state index contributed by atoms with van der Waals surface area (Å²) in [6, 6.07) is 6.02. The van der Waals surface area contributed by atoms with E-state index in [-0.39, 0.29) is 11.8 Å². The highest BCUT2D eigenvalue weighted by molar-refractivity contribution is 5.78. The van der Waals surface area contributed by atoms with Crippen molar-refractivity contribution in [2.45, 2.75) is 27.2 Å². The van der Waals surface area contributed by atoms with Crippen molar-refractivity contribution >= 4 is 11.8 Å². The van der Waals surface area contributed by atoms with Gasteiger partial charge in [0.1, 0.15) is 0 Å². The molecular weight excluding hydrogens is 228 g/mol. The van der Waals surface area contributed by atoms with Gasteiger partial charge in [-0.2, -0.15) is 0 Å². The first-order valence-corrected chi connectivity index (χ1v) is 6.06. The summed E-state index contributed by atoms with van der Waals surface area (Å²) in [7, 11) is 0. The molecule has 1 aromatic carbocycles. The Morgan fingerprint density at radius 1 is 1.06 bits per heavy atom. The first-order chi connectivity index (χ1) is 8.49. The number of benzene rings is 1. The average Bonchev–Trinajstić information content (AvgIpc) is 2.29. The van der Waals surface area contributed by atoms with Gasteiger partial charge in [-0.05, 0) is 30.5 Å². The molecule has 18 heavy (non-hydrogen) atoms. The molecule has 0 saturated heterocycles. The predicted molar refractivity (Wildman–Crippen MR) is 71.3 cm³/mol. The third kappa shape index (κ3) is 4.99. The monoisotopic (exact) mass is 248 g/mol. The molecule has 0 radical (unpaired) electrons. The minimum absolute atomic E-state index is 0.0244. The van der Waals surface area contributed by atoms with Gasteiger partial charge in [0.25, 0.3) is 0 Å². The summed E-state index contributed by atoms with van der Waals surface area (Å²) in [5.41, 5.74) is 3.43. The maximum Gasteiger partial charge on any atom is 0.224 e. The molecule has 4 nitrogen and oxygen atoms in total. The Balaban J connectivity index is 2.35. The van der Waals surface area contributed by atoms with Gasteiger partial charge in [-0.25, -0.2) is 0 Å². The third-order valence-electron chi connectivity index (χ3n) is 2.76. The number of nitrogens with one attached hydrogen (secondary N) is 2. The summed E-state index contributed by atoms with van der Waals surface area (Å²) >= 11 is 0. The Morgan fingerprint density at radius 3 is 2.33 bits per heavy atom. The molecule has 4 heteroatoms. The first-order valence-electron chi connectivity index (χ1n) is 6.06. The van der Waals surface area contributed by atoms with Crippen LogP contribution >= 0.6 is 0 Å². The Kier molecular flexibility index (Phi) is 5.36. The largest absolute Gasteiger partial charge is 0.355 e. The maximum atomic E-state index is 11.6. The van der Waals surface area contributed by atoms with Crippen molar-refractivity contribution < 1.29 is 9.59 Å². The molecule has 0 bridgehead atoms. The fraction of sp³-hybridized carbons (Fsp3) is 0.429. The van der Waals surface area contributed by atoms with Crippen LogP contribution in [0.1, 0.15) is 23.6 Å².